The van der Waals surface area contributed by atoms with Gasteiger partial charge in [-0.1, -0.05) is 30.2 Å². The molecule has 2 rings (SSSR count). The summed E-state index contributed by atoms with van der Waals surface area (Å²) in [5.74, 6) is 0. The number of rotatable bonds is 3. The predicted molar refractivity (Wildman–Crippen MR) is 70.0 cm³/mol. The lowest BCUT2D eigenvalue weighted by Gasteiger charge is -2.28. The number of aryl methyl sites for hydroxylation is 1. The molecule has 88 valence electrons. The Morgan fingerprint density at radius 1 is 1.25 bits per heavy atom. The summed E-state index contributed by atoms with van der Waals surface area (Å²) in [6.07, 6.45) is 6.43. The summed E-state index contributed by atoms with van der Waals surface area (Å²) in [5.41, 5.74) is 1.39. The molecule has 1 aliphatic rings. The number of halogens is 1. The Kier molecular flexibility index (Phi) is 4.25. The first-order chi connectivity index (χ1) is 7.74. The van der Waals surface area contributed by atoms with Crippen LogP contribution in [-0.4, -0.2) is 12.1 Å². The van der Waals surface area contributed by atoms with Crippen LogP contribution < -0.4 is 5.32 Å². The molecule has 0 aromatic heterocycles. The molecule has 0 radical (unpaired) electrons. The molecular formula is C14H20ClN. The van der Waals surface area contributed by atoms with E-state index in [4.69, 9.17) is 11.6 Å². The summed E-state index contributed by atoms with van der Waals surface area (Å²) < 4.78 is 0. The topological polar surface area (TPSA) is 12.0 Å². The molecule has 1 nitrogen and oxygen atoms in total. The molecule has 1 N–H and O–H groups in total. The van der Waals surface area contributed by atoms with E-state index in [0.717, 1.165) is 11.4 Å². The summed E-state index contributed by atoms with van der Waals surface area (Å²) in [6, 6.07) is 9.63. The van der Waals surface area contributed by atoms with Crippen molar-refractivity contribution < 1.29 is 0 Å². The highest BCUT2D eigenvalue weighted by molar-refractivity contribution is 6.30. The van der Waals surface area contributed by atoms with Crippen LogP contribution in [0.1, 0.15) is 38.2 Å². The van der Waals surface area contributed by atoms with Gasteiger partial charge in [0, 0.05) is 17.1 Å². The fourth-order valence-corrected chi connectivity index (χ4v) is 2.59. The summed E-state index contributed by atoms with van der Waals surface area (Å²) in [4.78, 5) is 0. The summed E-state index contributed by atoms with van der Waals surface area (Å²) >= 11 is 5.87. The van der Waals surface area contributed by atoms with Gasteiger partial charge in [-0.15, -0.1) is 0 Å². The highest BCUT2D eigenvalue weighted by Crippen LogP contribution is 2.17. The maximum atomic E-state index is 5.87. The molecule has 2 unspecified atom stereocenters. The van der Waals surface area contributed by atoms with Crippen molar-refractivity contribution in [1.82, 2.24) is 5.32 Å². The lowest BCUT2D eigenvalue weighted by Crippen LogP contribution is -2.40. The van der Waals surface area contributed by atoms with Crippen LogP contribution in [0.4, 0.5) is 0 Å². The zero-order chi connectivity index (χ0) is 11.4. The normalized spacial score (nSPS) is 25.6. The lowest BCUT2D eigenvalue weighted by molar-refractivity contribution is 0.322. The number of hydrogen-bond donors (Lipinski definition) is 1. The number of hydrogen-bond acceptors (Lipinski definition) is 1. The highest BCUT2D eigenvalue weighted by atomic mass is 35.5. The molecule has 2 heteroatoms. The number of piperidine rings is 1. The van der Waals surface area contributed by atoms with E-state index in [1.807, 2.05) is 12.1 Å². The molecule has 0 bridgehead atoms. The first-order valence-corrected chi connectivity index (χ1v) is 6.62. The van der Waals surface area contributed by atoms with Gasteiger partial charge in [-0.2, -0.15) is 0 Å². The van der Waals surface area contributed by atoms with Gasteiger partial charge in [-0.3, -0.25) is 0 Å². The van der Waals surface area contributed by atoms with Crippen LogP contribution in [0.3, 0.4) is 0 Å². The number of benzene rings is 1. The van der Waals surface area contributed by atoms with Crippen LogP contribution >= 0.6 is 11.6 Å². The van der Waals surface area contributed by atoms with Gasteiger partial charge in [-0.05, 0) is 50.3 Å². The van der Waals surface area contributed by atoms with Crippen LogP contribution in [-0.2, 0) is 6.42 Å². The smallest absolute Gasteiger partial charge is 0.0406 e. The van der Waals surface area contributed by atoms with Gasteiger partial charge in [0.05, 0.1) is 0 Å². The van der Waals surface area contributed by atoms with E-state index in [0.29, 0.717) is 12.1 Å². The Morgan fingerprint density at radius 3 is 2.69 bits per heavy atom. The molecule has 1 fully saturated rings. The monoisotopic (exact) mass is 237 g/mol. The molecule has 1 aliphatic heterocycles. The second kappa shape index (κ2) is 5.70. The van der Waals surface area contributed by atoms with E-state index in [9.17, 15) is 0 Å². The Bertz CT molecular complexity index is 320. The molecule has 1 aromatic rings. The second-order valence-electron chi connectivity index (χ2n) is 4.86. The van der Waals surface area contributed by atoms with Crippen molar-refractivity contribution in [1.29, 1.82) is 0 Å². The van der Waals surface area contributed by atoms with Gasteiger partial charge in [0.2, 0.25) is 0 Å². The van der Waals surface area contributed by atoms with E-state index in [1.54, 1.807) is 0 Å². The molecule has 0 spiro atoms. The third-order valence-corrected chi connectivity index (χ3v) is 3.66. The maximum Gasteiger partial charge on any atom is 0.0406 e. The van der Waals surface area contributed by atoms with Crippen molar-refractivity contribution in [2.24, 2.45) is 0 Å². The van der Waals surface area contributed by atoms with Gasteiger partial charge < -0.3 is 5.32 Å². The Morgan fingerprint density at radius 2 is 2.00 bits per heavy atom. The van der Waals surface area contributed by atoms with Crippen LogP contribution in [0.2, 0.25) is 5.02 Å². The minimum absolute atomic E-state index is 0.698. The van der Waals surface area contributed by atoms with Gasteiger partial charge >= 0.3 is 0 Å². The van der Waals surface area contributed by atoms with Crippen molar-refractivity contribution in [3.8, 4) is 0 Å². The van der Waals surface area contributed by atoms with Crippen molar-refractivity contribution in [2.45, 2.75) is 51.1 Å². The van der Waals surface area contributed by atoms with Crippen LogP contribution in [0.5, 0.6) is 0 Å². The zero-order valence-electron chi connectivity index (χ0n) is 9.88. The van der Waals surface area contributed by atoms with Crippen molar-refractivity contribution >= 4 is 11.6 Å². The molecule has 1 aromatic carbocycles. The standard InChI is InChI=1S/C14H20ClN/c1-11-3-2-4-14(16-11)10-7-12-5-8-13(15)9-6-12/h5-6,8-9,11,14,16H,2-4,7,10H2,1H3. The molecule has 1 saturated heterocycles. The molecule has 0 saturated carbocycles. The SMILES string of the molecule is CC1CCCC(CCc2ccc(Cl)cc2)N1. The molecule has 0 amide bonds. The van der Waals surface area contributed by atoms with Gasteiger partial charge in [0.15, 0.2) is 0 Å². The maximum absolute atomic E-state index is 5.87. The Balaban J connectivity index is 1.80. The molecule has 0 aliphatic carbocycles. The Labute approximate surface area is 103 Å². The average Bonchev–Trinajstić information content (AvgIpc) is 2.28. The fraction of sp³-hybridized carbons (Fsp3) is 0.571. The number of nitrogens with one attached hydrogen (secondary N) is 1. The van der Waals surface area contributed by atoms with Crippen LogP contribution in [0.25, 0.3) is 0 Å². The first kappa shape index (κ1) is 11.9. The summed E-state index contributed by atoms with van der Waals surface area (Å²) in [7, 11) is 0. The predicted octanol–water partition coefficient (Wildman–Crippen LogP) is 3.80. The third kappa shape index (κ3) is 3.50. The van der Waals surface area contributed by atoms with Gasteiger partial charge in [0.25, 0.3) is 0 Å². The molecule has 16 heavy (non-hydrogen) atoms. The van der Waals surface area contributed by atoms with Crippen molar-refractivity contribution in [3.05, 3.63) is 34.9 Å². The van der Waals surface area contributed by atoms with Gasteiger partial charge in [-0.25, -0.2) is 0 Å². The molecular weight excluding hydrogens is 218 g/mol. The van der Waals surface area contributed by atoms with E-state index in [2.05, 4.69) is 24.4 Å². The van der Waals surface area contributed by atoms with Gasteiger partial charge in [0.1, 0.15) is 0 Å². The lowest BCUT2D eigenvalue weighted by atomic mass is 9.95. The first-order valence-electron chi connectivity index (χ1n) is 6.24. The van der Waals surface area contributed by atoms with E-state index < -0.39 is 0 Å². The Hall–Kier alpha value is -0.530. The minimum Gasteiger partial charge on any atom is -0.311 e. The van der Waals surface area contributed by atoms with Crippen molar-refractivity contribution in [2.75, 3.05) is 0 Å². The molecule has 1 heterocycles. The fourth-order valence-electron chi connectivity index (χ4n) is 2.46. The zero-order valence-corrected chi connectivity index (χ0v) is 10.6. The van der Waals surface area contributed by atoms with E-state index in [-0.39, 0.29) is 0 Å². The second-order valence-corrected chi connectivity index (χ2v) is 5.30. The van der Waals surface area contributed by atoms with E-state index >= 15 is 0 Å². The largest absolute Gasteiger partial charge is 0.311 e. The molecule has 2 atom stereocenters. The third-order valence-electron chi connectivity index (χ3n) is 3.40. The van der Waals surface area contributed by atoms with E-state index in [1.165, 1.54) is 31.2 Å². The van der Waals surface area contributed by atoms with Crippen LogP contribution in [0.15, 0.2) is 24.3 Å². The highest BCUT2D eigenvalue weighted by Gasteiger charge is 2.16. The van der Waals surface area contributed by atoms with Crippen LogP contribution in [0, 0.1) is 0 Å². The summed E-state index contributed by atoms with van der Waals surface area (Å²) in [6.45, 7) is 2.29. The quantitative estimate of drug-likeness (QED) is 0.843. The average molecular weight is 238 g/mol. The summed E-state index contributed by atoms with van der Waals surface area (Å²) in [5, 5.41) is 4.50. The minimum atomic E-state index is 0.698. The van der Waals surface area contributed by atoms with Crippen molar-refractivity contribution in [3.63, 3.8) is 0 Å².